The summed E-state index contributed by atoms with van der Waals surface area (Å²) in [6, 6.07) is 0.321. The Labute approximate surface area is 107 Å². The van der Waals surface area contributed by atoms with Crippen LogP contribution in [-0.4, -0.2) is 24.8 Å². The molecule has 0 aromatic heterocycles. The van der Waals surface area contributed by atoms with Crippen molar-refractivity contribution in [3.05, 3.63) is 22.5 Å². The lowest BCUT2D eigenvalue weighted by Gasteiger charge is -2.18. The van der Waals surface area contributed by atoms with Gasteiger partial charge in [-0.1, -0.05) is 0 Å². The molecule has 0 bridgehead atoms. The van der Waals surface area contributed by atoms with Gasteiger partial charge >= 0.3 is 0 Å². The molecule has 4 heteroatoms. The van der Waals surface area contributed by atoms with Crippen LogP contribution < -0.4 is 10.1 Å². The van der Waals surface area contributed by atoms with Crippen molar-refractivity contribution in [2.75, 3.05) is 13.7 Å². The molecule has 1 saturated heterocycles. The van der Waals surface area contributed by atoms with E-state index in [4.69, 9.17) is 4.74 Å². The molecule has 1 unspecified atom stereocenters. The molecule has 18 heavy (non-hydrogen) atoms. The van der Waals surface area contributed by atoms with E-state index in [-0.39, 0.29) is 17.3 Å². The van der Waals surface area contributed by atoms with Gasteiger partial charge in [-0.25, -0.2) is 4.39 Å². The SMILES string of the molecule is COc1c(C)c(F)c(C)c(CC2CCCN2)c1O. The number of methoxy groups -OCH3 is 1. The van der Waals surface area contributed by atoms with Crippen molar-refractivity contribution in [2.45, 2.75) is 39.2 Å². The Morgan fingerprint density at radius 1 is 1.39 bits per heavy atom. The van der Waals surface area contributed by atoms with Crippen LogP contribution in [0.4, 0.5) is 4.39 Å². The number of benzene rings is 1. The summed E-state index contributed by atoms with van der Waals surface area (Å²) in [6.07, 6.45) is 2.85. The maximum atomic E-state index is 14.1. The Kier molecular flexibility index (Phi) is 3.76. The number of phenols is 1. The fourth-order valence-corrected chi connectivity index (χ4v) is 2.68. The summed E-state index contributed by atoms with van der Waals surface area (Å²) in [7, 11) is 1.45. The average Bonchev–Trinajstić information content (AvgIpc) is 2.86. The predicted octanol–water partition coefficient (Wildman–Crippen LogP) is 2.45. The molecule has 100 valence electrons. The smallest absolute Gasteiger partial charge is 0.166 e. The molecule has 1 heterocycles. The minimum atomic E-state index is -0.280. The van der Waals surface area contributed by atoms with Crippen molar-refractivity contribution >= 4 is 0 Å². The molecule has 0 radical (unpaired) electrons. The molecule has 1 atom stereocenters. The molecule has 0 aliphatic carbocycles. The molecule has 3 nitrogen and oxygen atoms in total. The quantitative estimate of drug-likeness (QED) is 0.869. The van der Waals surface area contributed by atoms with Gasteiger partial charge in [-0.15, -0.1) is 0 Å². The summed E-state index contributed by atoms with van der Waals surface area (Å²) >= 11 is 0. The first-order valence-corrected chi connectivity index (χ1v) is 6.34. The van der Waals surface area contributed by atoms with Gasteiger partial charge in [0.25, 0.3) is 0 Å². The van der Waals surface area contributed by atoms with Gasteiger partial charge in [0.05, 0.1) is 7.11 Å². The molecule has 1 aliphatic heterocycles. The van der Waals surface area contributed by atoms with Gasteiger partial charge in [0.15, 0.2) is 11.5 Å². The van der Waals surface area contributed by atoms with Crippen molar-refractivity contribution in [3.8, 4) is 11.5 Å². The van der Waals surface area contributed by atoms with Gasteiger partial charge in [-0.2, -0.15) is 0 Å². The predicted molar refractivity (Wildman–Crippen MR) is 68.8 cm³/mol. The number of aromatic hydroxyl groups is 1. The zero-order valence-electron chi connectivity index (χ0n) is 11.1. The first-order valence-electron chi connectivity index (χ1n) is 6.34. The number of hydrogen-bond donors (Lipinski definition) is 2. The van der Waals surface area contributed by atoms with Crippen LogP contribution in [0.15, 0.2) is 0 Å². The Bertz CT molecular complexity index is 454. The van der Waals surface area contributed by atoms with E-state index < -0.39 is 0 Å². The standard InChI is InChI=1S/C14H20FNO2/c1-8-11(7-10-5-4-6-16-10)13(17)14(18-3)9(2)12(8)15/h10,16-17H,4-7H2,1-3H3. The van der Waals surface area contributed by atoms with Crippen molar-refractivity contribution in [1.29, 1.82) is 0 Å². The van der Waals surface area contributed by atoms with Crippen LogP contribution in [0.5, 0.6) is 11.5 Å². The van der Waals surface area contributed by atoms with E-state index in [0.29, 0.717) is 29.2 Å². The molecule has 1 aliphatic rings. The number of ether oxygens (including phenoxy) is 1. The number of phenolic OH excluding ortho intramolecular Hbond substituents is 1. The van der Waals surface area contributed by atoms with Crippen molar-refractivity contribution in [2.24, 2.45) is 0 Å². The van der Waals surface area contributed by atoms with Crippen molar-refractivity contribution in [3.63, 3.8) is 0 Å². The maximum absolute atomic E-state index is 14.1. The van der Waals surface area contributed by atoms with Gasteiger partial charge in [-0.3, -0.25) is 0 Å². The van der Waals surface area contributed by atoms with Gasteiger partial charge in [0.2, 0.25) is 0 Å². The van der Waals surface area contributed by atoms with Crippen LogP contribution in [0, 0.1) is 19.7 Å². The molecule has 1 aromatic rings. The second-order valence-electron chi connectivity index (χ2n) is 4.92. The Morgan fingerprint density at radius 2 is 2.11 bits per heavy atom. The third kappa shape index (κ3) is 2.17. The highest BCUT2D eigenvalue weighted by atomic mass is 19.1. The summed E-state index contributed by atoms with van der Waals surface area (Å²) < 4.78 is 19.2. The van der Waals surface area contributed by atoms with E-state index in [1.807, 2.05) is 0 Å². The van der Waals surface area contributed by atoms with Gasteiger partial charge in [0, 0.05) is 17.2 Å². The van der Waals surface area contributed by atoms with E-state index >= 15 is 0 Å². The van der Waals surface area contributed by atoms with E-state index in [1.165, 1.54) is 7.11 Å². The number of nitrogens with one attached hydrogen (secondary N) is 1. The summed E-state index contributed by atoms with van der Waals surface area (Å²) in [6.45, 7) is 4.33. The topological polar surface area (TPSA) is 41.5 Å². The van der Waals surface area contributed by atoms with Crippen LogP contribution in [0.25, 0.3) is 0 Å². The number of rotatable bonds is 3. The van der Waals surface area contributed by atoms with Crippen molar-refractivity contribution in [1.82, 2.24) is 5.32 Å². The molecule has 1 fully saturated rings. The van der Waals surface area contributed by atoms with Gasteiger partial charge in [-0.05, 0) is 45.2 Å². The van der Waals surface area contributed by atoms with E-state index in [0.717, 1.165) is 19.4 Å². The lowest BCUT2D eigenvalue weighted by atomic mass is 9.96. The second-order valence-corrected chi connectivity index (χ2v) is 4.92. The molecular weight excluding hydrogens is 233 g/mol. The van der Waals surface area contributed by atoms with Crippen LogP contribution in [0.1, 0.15) is 29.5 Å². The highest BCUT2D eigenvalue weighted by molar-refractivity contribution is 5.55. The molecule has 0 spiro atoms. The van der Waals surface area contributed by atoms with Crippen LogP contribution in [0.2, 0.25) is 0 Å². The lowest BCUT2D eigenvalue weighted by molar-refractivity contribution is 0.361. The first-order chi connectivity index (χ1) is 8.56. The van der Waals surface area contributed by atoms with Crippen molar-refractivity contribution < 1.29 is 14.2 Å². The third-order valence-corrected chi connectivity index (χ3v) is 3.77. The Morgan fingerprint density at radius 3 is 2.67 bits per heavy atom. The van der Waals surface area contributed by atoms with E-state index in [2.05, 4.69) is 5.32 Å². The molecule has 0 saturated carbocycles. The maximum Gasteiger partial charge on any atom is 0.166 e. The monoisotopic (exact) mass is 253 g/mol. The summed E-state index contributed by atoms with van der Waals surface area (Å²) in [4.78, 5) is 0. The summed E-state index contributed by atoms with van der Waals surface area (Å²) in [5, 5.41) is 13.6. The van der Waals surface area contributed by atoms with Crippen LogP contribution in [0.3, 0.4) is 0 Å². The highest BCUT2D eigenvalue weighted by Crippen LogP contribution is 2.38. The second kappa shape index (κ2) is 5.14. The highest BCUT2D eigenvalue weighted by Gasteiger charge is 2.23. The molecule has 2 N–H and O–H groups in total. The minimum absolute atomic E-state index is 0.0857. The number of hydrogen-bond acceptors (Lipinski definition) is 3. The largest absolute Gasteiger partial charge is 0.504 e. The van der Waals surface area contributed by atoms with Gasteiger partial charge in [0.1, 0.15) is 5.82 Å². The normalized spacial score (nSPS) is 19.2. The Hall–Kier alpha value is -1.29. The van der Waals surface area contributed by atoms with E-state index in [1.54, 1.807) is 13.8 Å². The molecular formula is C14H20FNO2. The summed E-state index contributed by atoms with van der Waals surface area (Å²) in [5.74, 6) is 0.0614. The molecule has 0 amide bonds. The fourth-order valence-electron chi connectivity index (χ4n) is 2.68. The third-order valence-electron chi connectivity index (χ3n) is 3.77. The molecule has 1 aromatic carbocycles. The Balaban J connectivity index is 2.41. The van der Waals surface area contributed by atoms with E-state index in [9.17, 15) is 9.50 Å². The lowest BCUT2D eigenvalue weighted by Crippen LogP contribution is -2.24. The van der Waals surface area contributed by atoms with Crippen LogP contribution >= 0.6 is 0 Å². The van der Waals surface area contributed by atoms with Gasteiger partial charge < -0.3 is 15.2 Å². The number of halogens is 1. The first kappa shape index (κ1) is 13.1. The summed E-state index contributed by atoms with van der Waals surface area (Å²) in [5.41, 5.74) is 1.56. The zero-order valence-corrected chi connectivity index (χ0v) is 11.1. The minimum Gasteiger partial charge on any atom is -0.504 e. The fraction of sp³-hybridized carbons (Fsp3) is 0.571. The zero-order chi connectivity index (χ0) is 13.3. The average molecular weight is 253 g/mol. The van der Waals surface area contributed by atoms with Crippen LogP contribution in [-0.2, 0) is 6.42 Å². The molecule has 2 rings (SSSR count).